The maximum absolute atomic E-state index is 13.0. The van der Waals surface area contributed by atoms with Crippen LogP contribution in [-0.4, -0.2) is 43.6 Å². The Labute approximate surface area is 153 Å². The van der Waals surface area contributed by atoms with Crippen LogP contribution in [0.5, 0.6) is 0 Å². The van der Waals surface area contributed by atoms with Crippen molar-refractivity contribution >= 4 is 17.0 Å². The van der Waals surface area contributed by atoms with Gasteiger partial charge in [0.25, 0.3) is 12.1 Å². The summed E-state index contributed by atoms with van der Waals surface area (Å²) in [5.41, 5.74) is 7.80. The Morgan fingerprint density at radius 3 is 2.81 bits per heavy atom. The minimum atomic E-state index is -0.762. The van der Waals surface area contributed by atoms with Crippen LogP contribution < -0.4 is 15.3 Å². The number of aromatic nitrogens is 4. The Hall–Kier alpha value is -2.82. The summed E-state index contributed by atoms with van der Waals surface area (Å²) in [6.07, 6.45) is 1.35. The molecule has 3 aromatic rings. The molecule has 4 N–H and O–H groups in total. The highest BCUT2D eigenvalue weighted by atomic mass is 19.1. The van der Waals surface area contributed by atoms with Crippen molar-refractivity contribution in [2.24, 2.45) is 0 Å². The molecule has 0 bridgehead atoms. The Morgan fingerprint density at radius 2 is 2.11 bits per heavy atom. The van der Waals surface area contributed by atoms with Gasteiger partial charge in [-0.25, -0.2) is 9.37 Å². The monoisotopic (exact) mass is 376 g/mol. The minimum absolute atomic E-state index is 0.180. The molecule has 10 heteroatoms. The van der Waals surface area contributed by atoms with Gasteiger partial charge in [0.1, 0.15) is 24.5 Å². The zero-order valence-corrected chi connectivity index (χ0v) is 14.3. The van der Waals surface area contributed by atoms with Gasteiger partial charge in [-0.2, -0.15) is 0 Å². The maximum Gasteiger partial charge on any atom is 0.289 e. The quantitative estimate of drug-likeness (QED) is 0.524. The largest absolute Gasteiger partial charge is 0.394 e. The number of fused-ring (bicyclic) bond motifs is 1. The van der Waals surface area contributed by atoms with Crippen LogP contribution in [0, 0.1) is 5.82 Å². The molecule has 27 heavy (non-hydrogen) atoms. The molecule has 1 aliphatic rings. The maximum atomic E-state index is 13.0. The summed E-state index contributed by atoms with van der Waals surface area (Å²) >= 11 is 0. The molecule has 142 valence electrons. The molecule has 1 saturated heterocycles. The number of aliphatic hydroxyl groups excluding tert-OH is 2. The number of nitrogen functional groups attached to an aromatic ring is 1. The molecule has 0 aliphatic carbocycles. The number of hydrogen-bond donors (Lipinski definition) is 3. The number of ether oxygens (including phenoxy) is 1. The van der Waals surface area contributed by atoms with E-state index in [0.29, 0.717) is 17.6 Å². The van der Waals surface area contributed by atoms with E-state index < -0.39 is 18.4 Å². The molecular weight excluding hydrogens is 357 g/mol. The first-order chi connectivity index (χ1) is 13.1. The Bertz CT molecular complexity index is 948. The topological polar surface area (TPSA) is 120 Å². The highest BCUT2D eigenvalue weighted by molar-refractivity contribution is 5.79. The highest BCUT2D eigenvalue weighted by Gasteiger charge is 2.36. The molecule has 3 atom stereocenters. The van der Waals surface area contributed by atoms with Gasteiger partial charge in [0, 0.05) is 6.42 Å². The van der Waals surface area contributed by atoms with E-state index >= 15 is 0 Å². The van der Waals surface area contributed by atoms with Gasteiger partial charge in [-0.3, -0.25) is 4.57 Å². The van der Waals surface area contributed by atoms with E-state index in [-0.39, 0.29) is 24.8 Å². The van der Waals surface area contributed by atoms with Gasteiger partial charge >= 0.3 is 0 Å². The summed E-state index contributed by atoms with van der Waals surface area (Å²) in [7, 11) is 0. The fourth-order valence-electron chi connectivity index (χ4n) is 3.03. The fourth-order valence-corrected chi connectivity index (χ4v) is 3.03. The molecule has 4 rings (SSSR count). The second kappa shape index (κ2) is 7.06. The van der Waals surface area contributed by atoms with Crippen LogP contribution >= 0.6 is 0 Å². The lowest BCUT2D eigenvalue weighted by Gasteiger charge is -2.12. The van der Waals surface area contributed by atoms with Crippen LogP contribution in [0.15, 0.2) is 36.9 Å². The molecule has 1 aliphatic heterocycles. The van der Waals surface area contributed by atoms with E-state index in [2.05, 4.69) is 9.97 Å². The van der Waals surface area contributed by atoms with Crippen molar-refractivity contribution in [2.75, 3.05) is 12.3 Å². The number of nitrogens with zero attached hydrogens (tertiary/aromatic N) is 4. The lowest BCUT2D eigenvalue weighted by atomic mass is 10.2. The van der Waals surface area contributed by atoms with Gasteiger partial charge in [-0.1, -0.05) is 21.8 Å². The third kappa shape index (κ3) is 3.29. The van der Waals surface area contributed by atoms with E-state index in [9.17, 15) is 14.6 Å². The summed E-state index contributed by atoms with van der Waals surface area (Å²) in [6.45, 7) is -0.0871. The predicted octanol–water partition coefficient (Wildman–Crippen LogP) is -0.290. The number of benzene rings is 1. The van der Waals surface area contributed by atoms with Gasteiger partial charge in [0.15, 0.2) is 6.61 Å². The van der Waals surface area contributed by atoms with E-state index in [1.807, 2.05) is 0 Å². The number of imidazole rings is 1. The van der Waals surface area contributed by atoms with Crippen LogP contribution in [0.2, 0.25) is 0 Å². The van der Waals surface area contributed by atoms with Crippen LogP contribution in [0.3, 0.4) is 0 Å². The van der Waals surface area contributed by atoms with Crippen molar-refractivity contribution in [3.63, 3.8) is 0 Å². The van der Waals surface area contributed by atoms with Crippen molar-refractivity contribution in [2.45, 2.75) is 31.5 Å². The molecule has 3 heterocycles. The van der Waals surface area contributed by atoms with Gasteiger partial charge in [0.2, 0.25) is 11.2 Å². The molecule has 9 nitrogen and oxygen atoms in total. The average Bonchev–Trinajstić information content (AvgIpc) is 3.26. The summed E-state index contributed by atoms with van der Waals surface area (Å²) in [4.78, 5) is 14.2. The van der Waals surface area contributed by atoms with Gasteiger partial charge in [-0.05, 0) is 17.7 Å². The lowest BCUT2D eigenvalue weighted by Crippen LogP contribution is -2.45. The molecule has 2 aromatic heterocycles. The van der Waals surface area contributed by atoms with Crippen LogP contribution in [0.25, 0.3) is 11.2 Å². The normalized spacial score (nSPS) is 22.4. The average molecular weight is 376 g/mol. The third-order valence-electron chi connectivity index (χ3n) is 4.51. The summed E-state index contributed by atoms with van der Waals surface area (Å²) in [6, 6.07) is 5.94. The highest BCUT2D eigenvalue weighted by Crippen LogP contribution is 2.30. The number of rotatable bonds is 5. The van der Waals surface area contributed by atoms with E-state index in [1.54, 1.807) is 16.7 Å². The van der Waals surface area contributed by atoms with Crippen LogP contribution in [0.1, 0.15) is 18.2 Å². The lowest BCUT2D eigenvalue weighted by molar-refractivity contribution is -0.885. The molecule has 0 saturated carbocycles. The SMILES string of the molecule is Nc1c2ncn([C@H]3C[C@H](O)[C@@H](CO)O3)c2nc[n+]1OCc1ccc(F)cc1. The number of aliphatic hydroxyl groups is 2. The van der Waals surface area contributed by atoms with E-state index in [0.717, 1.165) is 5.56 Å². The molecule has 1 fully saturated rings. The molecular formula is C17H19FN5O4+. The van der Waals surface area contributed by atoms with Crippen LogP contribution in [0.4, 0.5) is 10.2 Å². The summed E-state index contributed by atoms with van der Waals surface area (Å²) in [5.74, 6) is -0.0691. The molecule has 0 radical (unpaired) electrons. The first-order valence-corrected chi connectivity index (χ1v) is 8.41. The zero-order valence-electron chi connectivity index (χ0n) is 14.3. The minimum Gasteiger partial charge on any atom is -0.394 e. The Kier molecular flexibility index (Phi) is 4.60. The number of halogens is 1. The van der Waals surface area contributed by atoms with Gasteiger partial charge in [0.05, 0.1) is 12.7 Å². The van der Waals surface area contributed by atoms with E-state index in [1.165, 1.54) is 29.5 Å². The number of hydrogen-bond acceptors (Lipinski definition) is 7. The Balaban J connectivity index is 1.55. The van der Waals surface area contributed by atoms with Crippen molar-refractivity contribution in [1.82, 2.24) is 14.5 Å². The predicted molar refractivity (Wildman–Crippen MR) is 90.4 cm³/mol. The van der Waals surface area contributed by atoms with Crippen LogP contribution in [-0.2, 0) is 11.3 Å². The summed E-state index contributed by atoms with van der Waals surface area (Å²) < 4.78 is 21.6. The first-order valence-electron chi connectivity index (χ1n) is 8.41. The first kappa shape index (κ1) is 17.6. The van der Waals surface area contributed by atoms with Gasteiger partial charge in [-0.15, -0.1) is 0 Å². The summed E-state index contributed by atoms with van der Waals surface area (Å²) in [5, 5.41) is 19.1. The second-order valence-corrected chi connectivity index (χ2v) is 6.29. The van der Waals surface area contributed by atoms with Crippen molar-refractivity contribution < 1.29 is 28.9 Å². The van der Waals surface area contributed by atoms with Crippen molar-refractivity contribution in [3.05, 3.63) is 48.3 Å². The van der Waals surface area contributed by atoms with Gasteiger partial charge < -0.3 is 25.5 Å². The standard InChI is InChI=1S/C17H18FN5O4/c18-11-3-1-10(2-4-11)7-26-23-9-21-17-15(16(23)19)20-8-22(17)14-5-12(25)13(6-24)27-14/h1-4,8-9,12-14,19,24-25H,5-7H2/p+1/t12-,13+,14+/m0/s1. The molecule has 1 aromatic carbocycles. The second-order valence-electron chi connectivity index (χ2n) is 6.29. The molecule has 0 spiro atoms. The fraction of sp³-hybridized carbons (Fsp3) is 0.353. The zero-order chi connectivity index (χ0) is 19.0. The van der Waals surface area contributed by atoms with Crippen molar-refractivity contribution in [3.8, 4) is 0 Å². The third-order valence-corrected chi connectivity index (χ3v) is 4.51. The van der Waals surface area contributed by atoms with Crippen molar-refractivity contribution in [1.29, 1.82) is 0 Å². The molecule has 0 unspecified atom stereocenters. The smallest absolute Gasteiger partial charge is 0.289 e. The number of anilines is 1. The number of nitrogens with two attached hydrogens (primary N) is 1. The van der Waals surface area contributed by atoms with E-state index in [4.69, 9.17) is 15.3 Å². The molecule has 0 amide bonds. The Morgan fingerprint density at radius 1 is 1.33 bits per heavy atom.